The molecule has 7 heteroatoms. The summed E-state index contributed by atoms with van der Waals surface area (Å²) in [4.78, 5) is 25.1. The number of rotatable bonds is 5. The maximum Gasteiger partial charge on any atom is 0.246 e. The van der Waals surface area contributed by atoms with E-state index in [1.54, 1.807) is 24.3 Å². The van der Waals surface area contributed by atoms with Crippen LogP contribution in [0.4, 0.5) is 5.69 Å². The van der Waals surface area contributed by atoms with Crippen LogP contribution >= 0.6 is 11.6 Å². The molecular formula is C20H20ClNO4S. The minimum atomic E-state index is -3.93. The Hall–Kier alpha value is -2.18. The molecule has 0 spiro atoms. The summed E-state index contributed by atoms with van der Waals surface area (Å²) < 4.78 is 25.1. The Morgan fingerprint density at radius 3 is 2.19 bits per heavy atom. The monoisotopic (exact) mass is 405 g/mol. The molecule has 1 amide bonds. The quantitative estimate of drug-likeness (QED) is 0.753. The number of carbonyl (C=O) groups excluding carboxylic acids is 2. The van der Waals surface area contributed by atoms with Crippen molar-refractivity contribution in [3.05, 3.63) is 59.1 Å². The fourth-order valence-corrected chi connectivity index (χ4v) is 5.73. The zero-order valence-electron chi connectivity index (χ0n) is 14.9. The fraction of sp³-hybridized carbons (Fsp3) is 0.300. The van der Waals surface area contributed by atoms with Crippen molar-refractivity contribution in [2.45, 2.75) is 42.2 Å². The molecule has 1 aliphatic rings. The lowest BCUT2D eigenvalue weighted by atomic mass is 10.0. The number of para-hydroxylation sites is 1. The van der Waals surface area contributed by atoms with Crippen molar-refractivity contribution in [2.24, 2.45) is 0 Å². The summed E-state index contributed by atoms with van der Waals surface area (Å²) in [5, 5.41) is 3.12. The second-order valence-corrected chi connectivity index (χ2v) is 9.41. The number of nitrogens with one attached hydrogen (secondary N) is 1. The van der Waals surface area contributed by atoms with Gasteiger partial charge in [-0.05, 0) is 56.2 Å². The van der Waals surface area contributed by atoms with Gasteiger partial charge in [0.25, 0.3) is 0 Å². The Bertz CT molecular complexity index is 977. The van der Waals surface area contributed by atoms with Gasteiger partial charge in [0.2, 0.25) is 5.91 Å². The Morgan fingerprint density at radius 1 is 1.00 bits per heavy atom. The molecule has 0 heterocycles. The highest BCUT2D eigenvalue weighted by Crippen LogP contribution is 2.41. The summed E-state index contributed by atoms with van der Waals surface area (Å²) in [7, 11) is -3.93. The van der Waals surface area contributed by atoms with Gasteiger partial charge in [0.05, 0.1) is 10.6 Å². The molecular weight excluding hydrogens is 386 g/mol. The Labute approximate surface area is 163 Å². The third-order valence-corrected chi connectivity index (χ3v) is 7.79. The van der Waals surface area contributed by atoms with Crippen molar-refractivity contribution in [3.8, 4) is 0 Å². The topological polar surface area (TPSA) is 80.3 Å². The highest BCUT2D eigenvalue weighted by Gasteiger charge is 2.53. The molecule has 1 N–H and O–H groups in total. The third-order valence-electron chi connectivity index (χ3n) is 5.02. The normalized spacial score (nSPS) is 16.1. The zero-order valence-corrected chi connectivity index (χ0v) is 16.4. The number of Topliss-reactive ketones (excluding diaryl/α,β-unsaturated/α-hetero) is 1. The fourth-order valence-electron chi connectivity index (χ4n) is 3.54. The second-order valence-electron chi connectivity index (χ2n) is 6.71. The summed E-state index contributed by atoms with van der Waals surface area (Å²) in [6.45, 7) is 1.40. The van der Waals surface area contributed by atoms with Gasteiger partial charge < -0.3 is 5.32 Å². The molecule has 0 aromatic heterocycles. The van der Waals surface area contributed by atoms with E-state index in [1.807, 2.05) is 0 Å². The van der Waals surface area contributed by atoms with Gasteiger partial charge >= 0.3 is 0 Å². The van der Waals surface area contributed by atoms with Crippen molar-refractivity contribution in [3.63, 3.8) is 0 Å². The standard InChI is InChI=1S/C20H20ClNO4S/c1-14(23)17-6-2-3-7-18(17)22-19(24)20(12-4-5-13-20)27(25,26)16-10-8-15(21)9-11-16/h2-3,6-11H,4-5,12-13H2,1H3,(H,22,24). The molecule has 142 valence electrons. The molecule has 1 aliphatic carbocycles. The summed E-state index contributed by atoms with van der Waals surface area (Å²) in [6.07, 6.45) is 1.78. The first kappa shape index (κ1) is 19.6. The molecule has 0 radical (unpaired) electrons. The van der Waals surface area contributed by atoms with Crippen LogP contribution in [0.15, 0.2) is 53.4 Å². The van der Waals surface area contributed by atoms with E-state index >= 15 is 0 Å². The average Bonchev–Trinajstić information content (AvgIpc) is 3.14. The smallest absolute Gasteiger partial charge is 0.246 e. The van der Waals surface area contributed by atoms with Crippen LogP contribution in [0.5, 0.6) is 0 Å². The number of halogens is 1. The molecule has 0 aliphatic heterocycles. The van der Waals surface area contributed by atoms with Crippen molar-refractivity contribution in [2.75, 3.05) is 5.32 Å². The molecule has 1 fully saturated rings. The SMILES string of the molecule is CC(=O)c1ccccc1NC(=O)C1(S(=O)(=O)c2ccc(Cl)cc2)CCCC1. The molecule has 2 aromatic rings. The first-order valence-corrected chi connectivity index (χ1v) is 10.6. The van der Waals surface area contributed by atoms with Crippen molar-refractivity contribution >= 4 is 38.8 Å². The van der Waals surface area contributed by atoms with Crippen LogP contribution in [-0.4, -0.2) is 24.9 Å². The molecule has 2 aromatic carbocycles. The number of hydrogen-bond acceptors (Lipinski definition) is 4. The number of hydrogen-bond donors (Lipinski definition) is 1. The van der Waals surface area contributed by atoms with E-state index in [0.29, 0.717) is 29.1 Å². The molecule has 0 unspecified atom stereocenters. The lowest BCUT2D eigenvalue weighted by molar-refractivity contribution is -0.118. The number of amides is 1. The number of anilines is 1. The summed E-state index contributed by atoms with van der Waals surface area (Å²) >= 11 is 5.87. The molecule has 0 bridgehead atoms. The Morgan fingerprint density at radius 2 is 1.59 bits per heavy atom. The van der Waals surface area contributed by atoms with Gasteiger partial charge in [0.1, 0.15) is 0 Å². The van der Waals surface area contributed by atoms with E-state index in [2.05, 4.69) is 5.32 Å². The second kappa shape index (κ2) is 7.44. The van der Waals surface area contributed by atoms with Crippen LogP contribution in [-0.2, 0) is 14.6 Å². The molecule has 27 heavy (non-hydrogen) atoms. The molecule has 3 rings (SSSR count). The number of carbonyl (C=O) groups is 2. The van der Waals surface area contributed by atoms with E-state index < -0.39 is 20.5 Å². The van der Waals surface area contributed by atoms with Crippen LogP contribution in [0, 0.1) is 0 Å². The average molecular weight is 406 g/mol. The van der Waals surface area contributed by atoms with Gasteiger partial charge in [-0.1, -0.05) is 36.6 Å². The van der Waals surface area contributed by atoms with Crippen LogP contribution in [0.2, 0.25) is 5.02 Å². The molecule has 0 atom stereocenters. The van der Waals surface area contributed by atoms with Gasteiger partial charge in [0.15, 0.2) is 20.4 Å². The minimum absolute atomic E-state index is 0.0730. The summed E-state index contributed by atoms with van der Waals surface area (Å²) in [5.41, 5.74) is 0.676. The van der Waals surface area contributed by atoms with Crippen LogP contribution in [0.25, 0.3) is 0 Å². The largest absolute Gasteiger partial charge is 0.324 e. The maximum atomic E-state index is 13.3. The predicted molar refractivity (Wildman–Crippen MR) is 105 cm³/mol. The summed E-state index contributed by atoms with van der Waals surface area (Å²) in [5.74, 6) is -0.796. The van der Waals surface area contributed by atoms with Gasteiger partial charge in [-0.25, -0.2) is 8.42 Å². The van der Waals surface area contributed by atoms with Gasteiger partial charge in [-0.3, -0.25) is 9.59 Å². The van der Waals surface area contributed by atoms with Crippen molar-refractivity contribution in [1.29, 1.82) is 0 Å². The number of benzene rings is 2. The Kier molecular flexibility index (Phi) is 5.40. The first-order chi connectivity index (χ1) is 12.8. The number of sulfone groups is 1. The Balaban J connectivity index is 2.01. The van der Waals surface area contributed by atoms with Crippen LogP contribution in [0.3, 0.4) is 0 Å². The van der Waals surface area contributed by atoms with Gasteiger partial charge in [-0.2, -0.15) is 0 Å². The van der Waals surface area contributed by atoms with E-state index in [0.717, 1.165) is 0 Å². The minimum Gasteiger partial charge on any atom is -0.324 e. The molecule has 0 saturated heterocycles. The molecule has 5 nitrogen and oxygen atoms in total. The highest BCUT2D eigenvalue weighted by atomic mass is 35.5. The van der Waals surface area contributed by atoms with E-state index in [-0.39, 0.29) is 23.5 Å². The lowest BCUT2D eigenvalue weighted by Gasteiger charge is -2.28. The van der Waals surface area contributed by atoms with Crippen molar-refractivity contribution < 1.29 is 18.0 Å². The van der Waals surface area contributed by atoms with Crippen LogP contribution < -0.4 is 5.32 Å². The highest BCUT2D eigenvalue weighted by molar-refractivity contribution is 7.93. The zero-order chi connectivity index (χ0) is 19.7. The van der Waals surface area contributed by atoms with E-state index in [4.69, 9.17) is 11.6 Å². The summed E-state index contributed by atoms with van der Waals surface area (Å²) in [6, 6.07) is 12.4. The third kappa shape index (κ3) is 3.51. The predicted octanol–water partition coefficient (Wildman–Crippen LogP) is 4.27. The van der Waals surface area contributed by atoms with Gasteiger partial charge in [0, 0.05) is 10.6 Å². The number of ketones is 1. The van der Waals surface area contributed by atoms with Crippen LogP contribution in [0.1, 0.15) is 43.0 Å². The molecule has 1 saturated carbocycles. The first-order valence-electron chi connectivity index (χ1n) is 8.69. The van der Waals surface area contributed by atoms with Gasteiger partial charge in [-0.15, -0.1) is 0 Å². The van der Waals surface area contributed by atoms with E-state index in [1.165, 1.54) is 31.2 Å². The maximum absolute atomic E-state index is 13.3. The van der Waals surface area contributed by atoms with Crippen molar-refractivity contribution in [1.82, 2.24) is 0 Å². The lowest BCUT2D eigenvalue weighted by Crippen LogP contribution is -2.47. The van der Waals surface area contributed by atoms with E-state index in [9.17, 15) is 18.0 Å².